The molecule has 0 fully saturated rings. The van der Waals surface area contributed by atoms with E-state index >= 15 is 0 Å². The van der Waals surface area contributed by atoms with E-state index in [1.807, 2.05) is 21.1 Å². The monoisotopic (exact) mass is 678 g/mol. The molecule has 0 radical (unpaired) electrons. The van der Waals surface area contributed by atoms with E-state index in [4.69, 9.17) is 13.8 Å². The Morgan fingerprint density at radius 1 is 0.587 bits per heavy atom. The molecular weight excluding hydrogens is 595 g/mol. The van der Waals surface area contributed by atoms with Gasteiger partial charge in [-0.1, -0.05) is 168 Å². The molecule has 8 heteroatoms. The molecular formula is C38H82N2O5P+. The number of nitrogens with zero attached hydrogens (tertiary/aromatic N) is 1. The van der Waals surface area contributed by atoms with Crippen molar-refractivity contribution in [1.82, 2.24) is 5.32 Å². The minimum atomic E-state index is -4.14. The van der Waals surface area contributed by atoms with Crippen molar-refractivity contribution in [3.05, 3.63) is 0 Å². The summed E-state index contributed by atoms with van der Waals surface area (Å²) >= 11 is 0. The molecule has 0 saturated carbocycles. The van der Waals surface area contributed by atoms with Crippen LogP contribution in [0.4, 0.5) is 0 Å². The standard InChI is InChI=1S/C38H81N2O5P/c1-6-8-10-12-14-16-18-19-20-21-22-23-24-26-28-30-32-39-36-38(45-46(41,42)44-35-33-40(3,4)5)37-43-34-31-29-27-25-17-15-13-11-9-7-2/h38-39H,6-37H2,1-5H3/p+1. The van der Waals surface area contributed by atoms with Crippen LogP contribution in [0.2, 0.25) is 0 Å². The number of hydrogen-bond acceptors (Lipinski definition) is 5. The third kappa shape index (κ3) is 36.8. The second-order valence-electron chi connectivity index (χ2n) is 14.8. The molecule has 278 valence electrons. The van der Waals surface area contributed by atoms with Crippen molar-refractivity contribution in [2.75, 3.05) is 60.6 Å². The van der Waals surface area contributed by atoms with Gasteiger partial charge in [0.1, 0.15) is 19.3 Å². The summed E-state index contributed by atoms with van der Waals surface area (Å²) < 4.78 is 30.1. The number of ether oxygens (including phenoxy) is 1. The zero-order chi connectivity index (χ0) is 34.0. The molecule has 0 aromatic heterocycles. The summed E-state index contributed by atoms with van der Waals surface area (Å²) in [5.74, 6) is 0. The molecule has 2 atom stereocenters. The molecule has 0 aromatic rings. The molecule has 0 heterocycles. The number of quaternary nitrogens is 1. The van der Waals surface area contributed by atoms with Crippen LogP contribution in [0.5, 0.6) is 0 Å². The lowest BCUT2D eigenvalue weighted by atomic mass is 10.0. The van der Waals surface area contributed by atoms with Crippen molar-refractivity contribution >= 4 is 7.82 Å². The van der Waals surface area contributed by atoms with E-state index in [1.54, 1.807) is 0 Å². The molecule has 0 aliphatic carbocycles. The molecule has 0 aliphatic rings. The van der Waals surface area contributed by atoms with Gasteiger partial charge in [-0.3, -0.25) is 9.05 Å². The van der Waals surface area contributed by atoms with Crippen LogP contribution >= 0.6 is 7.82 Å². The molecule has 0 spiro atoms. The predicted octanol–water partition coefficient (Wildman–Crippen LogP) is 11.0. The molecule has 0 bridgehead atoms. The minimum Gasteiger partial charge on any atom is -0.379 e. The lowest BCUT2D eigenvalue weighted by Crippen LogP contribution is -2.37. The van der Waals surface area contributed by atoms with Crippen molar-refractivity contribution in [2.24, 2.45) is 0 Å². The van der Waals surface area contributed by atoms with Crippen molar-refractivity contribution in [3.63, 3.8) is 0 Å². The number of unbranched alkanes of at least 4 members (excludes halogenated alkanes) is 24. The van der Waals surface area contributed by atoms with E-state index < -0.39 is 13.9 Å². The van der Waals surface area contributed by atoms with E-state index in [-0.39, 0.29) is 6.61 Å². The zero-order valence-corrected chi connectivity index (χ0v) is 32.6. The Hall–Kier alpha value is -0.0100. The van der Waals surface area contributed by atoms with E-state index in [9.17, 15) is 9.46 Å². The van der Waals surface area contributed by atoms with Gasteiger partial charge in [-0.05, 0) is 19.4 Å². The van der Waals surface area contributed by atoms with Gasteiger partial charge in [0.2, 0.25) is 0 Å². The van der Waals surface area contributed by atoms with Crippen molar-refractivity contribution in [3.8, 4) is 0 Å². The molecule has 0 saturated heterocycles. The summed E-state index contributed by atoms with van der Waals surface area (Å²) in [6.07, 6.45) is 34.2. The molecule has 0 rings (SSSR count). The maximum absolute atomic E-state index is 12.6. The zero-order valence-electron chi connectivity index (χ0n) is 31.7. The highest BCUT2D eigenvalue weighted by molar-refractivity contribution is 7.47. The van der Waals surface area contributed by atoms with Gasteiger partial charge in [0.15, 0.2) is 0 Å². The van der Waals surface area contributed by atoms with E-state index in [1.165, 1.54) is 154 Å². The average Bonchev–Trinajstić information content (AvgIpc) is 3.00. The lowest BCUT2D eigenvalue weighted by Gasteiger charge is -2.25. The topological polar surface area (TPSA) is 77.0 Å². The minimum absolute atomic E-state index is 0.177. The Kier molecular flexibility index (Phi) is 33.5. The summed E-state index contributed by atoms with van der Waals surface area (Å²) in [6, 6.07) is 0. The van der Waals surface area contributed by atoms with Crippen LogP contribution in [-0.2, 0) is 18.3 Å². The quantitative estimate of drug-likeness (QED) is 0.0385. The average molecular weight is 678 g/mol. The van der Waals surface area contributed by atoms with Crippen LogP contribution in [0.25, 0.3) is 0 Å². The third-order valence-electron chi connectivity index (χ3n) is 8.82. The Morgan fingerprint density at radius 3 is 1.39 bits per heavy atom. The van der Waals surface area contributed by atoms with Gasteiger partial charge < -0.3 is 19.4 Å². The number of nitrogens with one attached hydrogen (secondary N) is 1. The number of hydrogen-bond donors (Lipinski definition) is 2. The van der Waals surface area contributed by atoms with E-state index in [0.717, 1.165) is 19.4 Å². The Balaban J connectivity index is 4.04. The van der Waals surface area contributed by atoms with Gasteiger partial charge in [0, 0.05) is 13.2 Å². The highest BCUT2D eigenvalue weighted by Gasteiger charge is 2.27. The first kappa shape index (κ1) is 46.0. The summed E-state index contributed by atoms with van der Waals surface area (Å²) in [7, 11) is 1.94. The Morgan fingerprint density at radius 2 is 0.978 bits per heavy atom. The first-order valence-electron chi connectivity index (χ1n) is 19.9. The number of likely N-dealkylation sites (N-methyl/N-ethyl adjacent to an activating group) is 1. The Labute approximate surface area is 287 Å². The fourth-order valence-corrected chi connectivity index (χ4v) is 6.63. The van der Waals surface area contributed by atoms with E-state index in [2.05, 4.69) is 19.2 Å². The number of phosphoric ester groups is 1. The van der Waals surface area contributed by atoms with Gasteiger partial charge >= 0.3 is 7.82 Å². The summed E-state index contributed by atoms with van der Waals surface area (Å²) in [5.41, 5.74) is 0. The van der Waals surface area contributed by atoms with Crippen LogP contribution in [0, 0.1) is 0 Å². The van der Waals surface area contributed by atoms with Crippen molar-refractivity contribution in [2.45, 2.75) is 187 Å². The molecule has 46 heavy (non-hydrogen) atoms. The normalized spacial score (nSPS) is 14.1. The molecule has 7 nitrogen and oxygen atoms in total. The molecule has 2 N–H and O–H groups in total. The summed E-state index contributed by atoms with van der Waals surface area (Å²) in [4.78, 5) is 10.3. The number of rotatable bonds is 38. The van der Waals surface area contributed by atoms with Crippen LogP contribution in [0.3, 0.4) is 0 Å². The SMILES string of the molecule is CCCCCCCCCCCCCCCCCCNCC(COCCCCCCCCCCCC)OP(=O)(O)OCC[N+](C)(C)C. The van der Waals surface area contributed by atoms with Crippen LogP contribution in [0.1, 0.15) is 181 Å². The van der Waals surface area contributed by atoms with Gasteiger partial charge in [-0.25, -0.2) is 4.57 Å². The van der Waals surface area contributed by atoms with Gasteiger partial charge in [0.25, 0.3) is 0 Å². The van der Waals surface area contributed by atoms with Gasteiger partial charge in [0.05, 0.1) is 27.7 Å². The highest BCUT2D eigenvalue weighted by atomic mass is 31.2. The fourth-order valence-electron chi connectivity index (χ4n) is 5.74. The first-order chi connectivity index (χ1) is 22.2. The fraction of sp³-hybridized carbons (Fsp3) is 1.00. The van der Waals surface area contributed by atoms with Crippen LogP contribution < -0.4 is 5.32 Å². The maximum Gasteiger partial charge on any atom is 0.472 e. The molecule has 0 amide bonds. The molecule has 2 unspecified atom stereocenters. The van der Waals surface area contributed by atoms with Crippen LogP contribution in [-0.4, -0.2) is 76.1 Å². The molecule has 0 aliphatic heterocycles. The Bertz CT molecular complexity index is 661. The first-order valence-corrected chi connectivity index (χ1v) is 21.4. The summed E-state index contributed by atoms with van der Waals surface area (Å²) in [5, 5.41) is 3.44. The van der Waals surface area contributed by atoms with Crippen molar-refractivity contribution < 1.29 is 27.7 Å². The van der Waals surface area contributed by atoms with Gasteiger partial charge in [-0.15, -0.1) is 0 Å². The van der Waals surface area contributed by atoms with Crippen LogP contribution in [0.15, 0.2) is 0 Å². The van der Waals surface area contributed by atoms with E-state index in [0.29, 0.717) is 30.8 Å². The lowest BCUT2D eigenvalue weighted by molar-refractivity contribution is -0.870. The van der Waals surface area contributed by atoms with Gasteiger partial charge in [-0.2, -0.15) is 0 Å². The summed E-state index contributed by atoms with van der Waals surface area (Å²) in [6.45, 7) is 7.68. The number of phosphoric acid groups is 1. The third-order valence-corrected chi connectivity index (χ3v) is 9.90. The molecule has 0 aromatic carbocycles. The second kappa shape index (κ2) is 33.5. The smallest absolute Gasteiger partial charge is 0.379 e. The highest BCUT2D eigenvalue weighted by Crippen LogP contribution is 2.44. The largest absolute Gasteiger partial charge is 0.472 e. The second-order valence-corrected chi connectivity index (χ2v) is 16.2. The predicted molar refractivity (Wildman–Crippen MR) is 199 cm³/mol. The van der Waals surface area contributed by atoms with Crippen molar-refractivity contribution in [1.29, 1.82) is 0 Å². The maximum atomic E-state index is 12.6.